The highest BCUT2D eigenvalue weighted by atomic mass is 32.1. The minimum Gasteiger partial charge on any atom is -0.502 e. The quantitative estimate of drug-likeness (QED) is 0.586. The number of amides is 1. The average Bonchev–Trinajstić information content (AvgIpc) is 3.27. The predicted octanol–water partition coefficient (Wildman–Crippen LogP) is 3.25. The summed E-state index contributed by atoms with van der Waals surface area (Å²) < 4.78 is 42.9. The predicted molar refractivity (Wildman–Crippen MR) is 122 cm³/mol. The van der Waals surface area contributed by atoms with Crippen molar-refractivity contribution in [3.63, 3.8) is 0 Å². The van der Waals surface area contributed by atoms with Crippen LogP contribution in [0.5, 0.6) is 5.75 Å². The van der Waals surface area contributed by atoms with E-state index in [2.05, 4.69) is 17.1 Å². The van der Waals surface area contributed by atoms with E-state index in [0.29, 0.717) is 31.1 Å². The average molecular weight is 506 g/mol. The minimum absolute atomic E-state index is 0.0183. The summed E-state index contributed by atoms with van der Waals surface area (Å²) in [5.41, 5.74) is -1.24. The van der Waals surface area contributed by atoms with Gasteiger partial charge >= 0.3 is 0 Å². The number of hydrogen-bond acceptors (Lipinski definition) is 7. The molecule has 0 saturated carbocycles. The van der Waals surface area contributed by atoms with Crippen molar-refractivity contribution in [2.24, 2.45) is 5.92 Å². The molecule has 1 amide bonds. The summed E-state index contributed by atoms with van der Waals surface area (Å²) in [4.78, 5) is 27.8. The summed E-state index contributed by atoms with van der Waals surface area (Å²) in [7, 11) is 0. The lowest BCUT2D eigenvalue weighted by Crippen LogP contribution is -2.64. The third kappa shape index (κ3) is 3.85. The van der Waals surface area contributed by atoms with Gasteiger partial charge in [-0.05, 0) is 25.7 Å². The number of aromatic nitrogens is 3. The third-order valence-electron chi connectivity index (χ3n) is 6.50. The van der Waals surface area contributed by atoms with Crippen LogP contribution in [0.4, 0.5) is 13.2 Å². The van der Waals surface area contributed by atoms with Crippen molar-refractivity contribution in [2.45, 2.75) is 39.3 Å². The van der Waals surface area contributed by atoms with Crippen LogP contribution in [0.2, 0.25) is 0 Å². The fourth-order valence-corrected chi connectivity index (χ4v) is 5.62. The summed E-state index contributed by atoms with van der Waals surface area (Å²) in [6.45, 7) is 4.99. The van der Waals surface area contributed by atoms with Crippen molar-refractivity contribution in [3.8, 4) is 16.3 Å². The lowest BCUT2D eigenvalue weighted by molar-refractivity contribution is 0.0509. The molecule has 2 aromatic heterocycles. The van der Waals surface area contributed by atoms with Crippen LogP contribution in [0.25, 0.3) is 10.6 Å². The molecular formula is C23H22F3N5O3S. The van der Waals surface area contributed by atoms with Gasteiger partial charge in [0.15, 0.2) is 16.5 Å². The number of carbonyl (C=O) groups is 1. The number of rotatable bonds is 4. The Kier molecular flexibility index (Phi) is 5.78. The molecular weight excluding hydrogens is 483 g/mol. The topological polar surface area (TPSA) is 91.6 Å². The zero-order valence-electron chi connectivity index (χ0n) is 19.0. The van der Waals surface area contributed by atoms with E-state index >= 15 is 0 Å². The van der Waals surface area contributed by atoms with E-state index in [4.69, 9.17) is 0 Å². The first-order valence-corrected chi connectivity index (χ1v) is 12.0. The first-order valence-electron chi connectivity index (χ1n) is 11.2. The standard InChI is InChI=1S/C23H22F3N5O3S/c1-3-29-18-5-4-11(2)9-30(18)31-10-14(20(32)21(33)19(31)23(29)34)22-28-27-17(35-22)8-13-15(25)6-12(24)7-16(13)26/h6-7,10-11,18,33H,3-5,8-9H2,1-2H3/t11-,18-/m0/s1. The second-order valence-corrected chi connectivity index (χ2v) is 9.88. The highest BCUT2D eigenvalue weighted by Crippen LogP contribution is 2.33. The van der Waals surface area contributed by atoms with Crippen LogP contribution in [0, 0.1) is 23.4 Å². The SMILES string of the molecule is CCN1C(=O)c2c(O)c(=O)c(-c3nnc(Cc4c(F)cc(F)cc4F)s3)cn2N2C[C@@H](C)CC[C@@H]12. The summed E-state index contributed by atoms with van der Waals surface area (Å²) in [5.74, 6) is -3.89. The van der Waals surface area contributed by atoms with E-state index in [1.807, 2.05) is 11.9 Å². The van der Waals surface area contributed by atoms with Gasteiger partial charge in [0.1, 0.15) is 28.6 Å². The Morgan fingerprint density at radius 2 is 1.86 bits per heavy atom. The zero-order valence-corrected chi connectivity index (χ0v) is 19.8. The highest BCUT2D eigenvalue weighted by Gasteiger charge is 2.42. The smallest absolute Gasteiger partial charge is 0.278 e. The molecule has 1 N–H and O–H groups in total. The number of pyridine rings is 1. The molecule has 4 heterocycles. The summed E-state index contributed by atoms with van der Waals surface area (Å²) in [5, 5.41) is 21.0. The van der Waals surface area contributed by atoms with E-state index in [9.17, 15) is 27.9 Å². The molecule has 0 spiro atoms. The lowest BCUT2D eigenvalue weighted by atomic mass is 9.97. The van der Waals surface area contributed by atoms with Crippen LogP contribution in [0.1, 0.15) is 47.7 Å². The van der Waals surface area contributed by atoms with E-state index in [1.165, 1.54) is 10.9 Å². The summed E-state index contributed by atoms with van der Waals surface area (Å²) in [6.07, 6.45) is 2.66. The molecule has 0 aliphatic carbocycles. The molecule has 1 aromatic carbocycles. The van der Waals surface area contributed by atoms with Gasteiger partial charge in [-0.15, -0.1) is 10.2 Å². The molecule has 1 saturated heterocycles. The second kappa shape index (κ2) is 8.67. The van der Waals surface area contributed by atoms with Gasteiger partial charge in [-0.25, -0.2) is 13.2 Å². The molecule has 2 atom stereocenters. The van der Waals surface area contributed by atoms with Crippen molar-refractivity contribution in [1.29, 1.82) is 0 Å². The Morgan fingerprint density at radius 3 is 2.54 bits per heavy atom. The molecule has 2 aliphatic heterocycles. The van der Waals surface area contributed by atoms with Gasteiger partial charge in [-0.2, -0.15) is 0 Å². The van der Waals surface area contributed by atoms with Crippen molar-refractivity contribution >= 4 is 17.2 Å². The second-order valence-electron chi connectivity index (χ2n) is 8.82. The van der Waals surface area contributed by atoms with Gasteiger partial charge in [0.25, 0.3) is 5.91 Å². The highest BCUT2D eigenvalue weighted by molar-refractivity contribution is 7.14. The normalized spacial score (nSPS) is 19.6. The van der Waals surface area contributed by atoms with Crippen molar-refractivity contribution in [3.05, 3.63) is 62.3 Å². The minimum atomic E-state index is -1.05. The van der Waals surface area contributed by atoms with Gasteiger partial charge in [0.05, 0.1) is 5.56 Å². The Morgan fingerprint density at radius 1 is 1.14 bits per heavy atom. The zero-order chi connectivity index (χ0) is 25.0. The van der Waals surface area contributed by atoms with E-state index in [1.54, 1.807) is 4.90 Å². The Labute approximate surface area is 202 Å². The number of halogens is 3. The molecule has 12 heteroatoms. The van der Waals surface area contributed by atoms with Crippen molar-refractivity contribution in [2.75, 3.05) is 18.1 Å². The molecule has 8 nitrogen and oxygen atoms in total. The molecule has 184 valence electrons. The molecule has 2 aliphatic rings. The van der Waals surface area contributed by atoms with Gasteiger partial charge < -0.3 is 10.0 Å². The number of fused-ring (bicyclic) bond motifs is 3. The monoisotopic (exact) mass is 505 g/mol. The first-order chi connectivity index (χ1) is 16.7. The third-order valence-corrected chi connectivity index (χ3v) is 7.45. The van der Waals surface area contributed by atoms with E-state index < -0.39 is 34.5 Å². The van der Waals surface area contributed by atoms with Crippen LogP contribution in [0.15, 0.2) is 23.1 Å². The number of aromatic hydroxyl groups is 1. The number of carbonyl (C=O) groups excluding carboxylic acids is 1. The van der Waals surface area contributed by atoms with Crippen LogP contribution in [-0.4, -0.2) is 50.0 Å². The summed E-state index contributed by atoms with van der Waals surface area (Å²) >= 11 is 0.924. The molecule has 0 unspecified atom stereocenters. The Hall–Kier alpha value is -3.41. The van der Waals surface area contributed by atoms with Gasteiger partial charge in [-0.3, -0.25) is 19.3 Å². The van der Waals surface area contributed by atoms with Crippen LogP contribution in [-0.2, 0) is 6.42 Å². The van der Waals surface area contributed by atoms with Gasteiger partial charge in [0.2, 0.25) is 5.43 Å². The Balaban J connectivity index is 1.57. The number of benzene rings is 1. The summed E-state index contributed by atoms with van der Waals surface area (Å²) in [6, 6.07) is 1.17. The fraction of sp³-hybridized carbons (Fsp3) is 0.391. The van der Waals surface area contributed by atoms with Crippen molar-refractivity contribution in [1.82, 2.24) is 19.8 Å². The molecule has 0 bridgehead atoms. The van der Waals surface area contributed by atoms with E-state index in [0.717, 1.165) is 24.2 Å². The maximum Gasteiger partial charge on any atom is 0.278 e. The number of nitrogens with zero attached hydrogens (tertiary/aromatic N) is 5. The fourth-order valence-electron chi connectivity index (χ4n) is 4.76. The molecule has 1 fully saturated rings. The van der Waals surface area contributed by atoms with Crippen LogP contribution in [0.3, 0.4) is 0 Å². The molecule has 5 rings (SSSR count). The van der Waals surface area contributed by atoms with Crippen LogP contribution < -0.4 is 10.4 Å². The van der Waals surface area contributed by atoms with Crippen molar-refractivity contribution < 1.29 is 23.1 Å². The molecule has 0 radical (unpaired) electrons. The lowest BCUT2D eigenvalue weighted by Gasteiger charge is -2.50. The van der Waals surface area contributed by atoms with E-state index in [-0.39, 0.29) is 39.4 Å². The molecule has 3 aromatic rings. The van der Waals surface area contributed by atoms with Gasteiger partial charge in [-0.1, -0.05) is 18.3 Å². The molecule has 35 heavy (non-hydrogen) atoms. The number of hydrogen-bond donors (Lipinski definition) is 1. The Bertz CT molecular complexity index is 1370. The van der Waals surface area contributed by atoms with Gasteiger partial charge in [0, 0.05) is 43.4 Å². The first kappa shape index (κ1) is 23.3. The number of piperidine rings is 1. The van der Waals surface area contributed by atoms with Crippen LogP contribution >= 0.6 is 11.3 Å². The largest absolute Gasteiger partial charge is 0.502 e. The maximum atomic E-state index is 14.1. The maximum absolute atomic E-state index is 14.1.